The molecule has 2 heterocycles. The number of benzene rings is 1. The molecule has 0 radical (unpaired) electrons. The Bertz CT molecular complexity index is 1100. The fourth-order valence-corrected chi connectivity index (χ4v) is 3.40. The molecule has 0 unspecified atom stereocenters. The third-order valence-electron chi connectivity index (χ3n) is 5.18. The van der Waals surface area contributed by atoms with Crippen LogP contribution in [0.1, 0.15) is 49.1 Å². The summed E-state index contributed by atoms with van der Waals surface area (Å²) < 4.78 is 18.3. The van der Waals surface area contributed by atoms with Gasteiger partial charge in [0, 0.05) is 23.5 Å². The van der Waals surface area contributed by atoms with Gasteiger partial charge in [-0.15, -0.1) is 6.58 Å². The summed E-state index contributed by atoms with van der Waals surface area (Å²) in [6.07, 6.45) is 1.77. The number of allylic oxidation sites excluding steroid dienone is 1. The molecular formula is C24H26N2O5. The average Bonchev–Trinajstić information content (AvgIpc) is 3.23. The number of aryl methyl sites for hydroxylation is 3. The van der Waals surface area contributed by atoms with Gasteiger partial charge in [0.1, 0.15) is 23.7 Å². The standard InChI is InChI=1S/C24H26N2O5/c1-6-11-26-15(2)12-20(17(26)4)22(27)14-30-24(28)19-9-7-8-10-23(19)29-13-21-16(3)25-31-18(21)5/h6-10,12H,1,11,13-14H2,2-5H3. The maximum Gasteiger partial charge on any atom is 0.342 e. The van der Waals surface area contributed by atoms with E-state index in [1.165, 1.54) is 0 Å². The molecule has 0 aliphatic rings. The second kappa shape index (κ2) is 9.47. The lowest BCUT2D eigenvalue weighted by Gasteiger charge is -2.11. The van der Waals surface area contributed by atoms with Crippen molar-refractivity contribution in [1.82, 2.24) is 9.72 Å². The monoisotopic (exact) mass is 422 g/mol. The summed E-state index contributed by atoms with van der Waals surface area (Å²) in [4.78, 5) is 25.3. The van der Waals surface area contributed by atoms with Gasteiger partial charge in [-0.05, 0) is 45.9 Å². The van der Waals surface area contributed by atoms with Crippen LogP contribution in [0, 0.1) is 27.7 Å². The van der Waals surface area contributed by atoms with E-state index in [-0.39, 0.29) is 24.6 Å². The highest BCUT2D eigenvalue weighted by atomic mass is 16.5. The number of carbonyl (C=O) groups excluding carboxylic acids is 2. The third-order valence-corrected chi connectivity index (χ3v) is 5.18. The zero-order valence-electron chi connectivity index (χ0n) is 18.2. The van der Waals surface area contributed by atoms with Crippen molar-refractivity contribution >= 4 is 11.8 Å². The second-order valence-electron chi connectivity index (χ2n) is 7.27. The van der Waals surface area contributed by atoms with Gasteiger partial charge in [0.05, 0.1) is 11.3 Å². The first kappa shape index (κ1) is 22.1. The van der Waals surface area contributed by atoms with E-state index in [0.29, 0.717) is 23.6 Å². The first-order chi connectivity index (χ1) is 14.8. The highest BCUT2D eigenvalue weighted by Crippen LogP contribution is 2.23. The smallest absolute Gasteiger partial charge is 0.342 e. The number of ketones is 1. The van der Waals surface area contributed by atoms with Crippen molar-refractivity contribution in [3.05, 3.63) is 82.5 Å². The maximum atomic E-state index is 12.7. The number of rotatable bonds is 9. The number of para-hydroxylation sites is 1. The molecule has 7 heteroatoms. The first-order valence-corrected chi connectivity index (χ1v) is 9.95. The van der Waals surface area contributed by atoms with Crippen LogP contribution in [0.2, 0.25) is 0 Å². The van der Waals surface area contributed by atoms with Crippen LogP contribution >= 0.6 is 0 Å². The SMILES string of the molecule is C=CCn1c(C)cc(C(=O)COC(=O)c2ccccc2OCc2c(C)noc2C)c1C. The molecule has 0 bridgehead atoms. The molecule has 0 saturated heterocycles. The Morgan fingerprint density at radius 3 is 2.58 bits per heavy atom. The van der Waals surface area contributed by atoms with Crippen LogP contribution in [0.5, 0.6) is 5.75 Å². The number of ether oxygens (including phenoxy) is 2. The number of carbonyl (C=O) groups is 2. The van der Waals surface area contributed by atoms with E-state index in [0.717, 1.165) is 22.6 Å². The molecule has 3 aromatic rings. The van der Waals surface area contributed by atoms with Crippen molar-refractivity contribution in [2.45, 2.75) is 40.8 Å². The van der Waals surface area contributed by atoms with Gasteiger partial charge in [0.25, 0.3) is 0 Å². The molecule has 1 aromatic carbocycles. The fourth-order valence-electron chi connectivity index (χ4n) is 3.40. The van der Waals surface area contributed by atoms with E-state index in [1.54, 1.807) is 43.3 Å². The molecule has 7 nitrogen and oxygen atoms in total. The Hall–Kier alpha value is -3.61. The summed E-state index contributed by atoms with van der Waals surface area (Å²) in [5.41, 5.74) is 4.12. The van der Waals surface area contributed by atoms with Crippen molar-refractivity contribution in [2.24, 2.45) is 0 Å². The molecule has 3 rings (SSSR count). The van der Waals surface area contributed by atoms with Crippen molar-refractivity contribution < 1.29 is 23.6 Å². The van der Waals surface area contributed by atoms with E-state index in [1.807, 2.05) is 25.3 Å². The van der Waals surface area contributed by atoms with Crippen LogP contribution in [0.4, 0.5) is 0 Å². The van der Waals surface area contributed by atoms with E-state index in [4.69, 9.17) is 14.0 Å². The largest absolute Gasteiger partial charge is 0.488 e. The van der Waals surface area contributed by atoms with Gasteiger partial charge in [0.2, 0.25) is 5.78 Å². The summed E-state index contributed by atoms with van der Waals surface area (Å²) in [6, 6.07) is 8.56. The molecule has 0 spiro atoms. The summed E-state index contributed by atoms with van der Waals surface area (Å²) in [5, 5.41) is 3.90. The highest BCUT2D eigenvalue weighted by Gasteiger charge is 2.20. The van der Waals surface area contributed by atoms with Crippen molar-refractivity contribution in [1.29, 1.82) is 0 Å². The van der Waals surface area contributed by atoms with Crippen molar-refractivity contribution in [3.8, 4) is 5.75 Å². The summed E-state index contributed by atoms with van der Waals surface area (Å²) in [5.74, 6) is 0.148. The van der Waals surface area contributed by atoms with Crippen LogP contribution in [0.15, 0.2) is 47.5 Å². The summed E-state index contributed by atoms with van der Waals surface area (Å²) in [6.45, 7) is 11.6. The molecule has 0 aliphatic heterocycles. The van der Waals surface area contributed by atoms with Crippen LogP contribution < -0.4 is 4.74 Å². The minimum Gasteiger partial charge on any atom is -0.488 e. The van der Waals surface area contributed by atoms with Crippen LogP contribution in [0.25, 0.3) is 0 Å². The van der Waals surface area contributed by atoms with Crippen molar-refractivity contribution in [2.75, 3.05) is 6.61 Å². The molecule has 0 N–H and O–H groups in total. The molecule has 0 aliphatic carbocycles. The molecular weight excluding hydrogens is 396 g/mol. The minimum absolute atomic E-state index is 0.208. The lowest BCUT2D eigenvalue weighted by atomic mass is 10.1. The van der Waals surface area contributed by atoms with E-state index in [9.17, 15) is 9.59 Å². The number of Topliss-reactive ketones (excluding diaryl/α,β-unsaturated/α-hetero) is 1. The van der Waals surface area contributed by atoms with Crippen molar-refractivity contribution in [3.63, 3.8) is 0 Å². The Kier molecular flexibility index (Phi) is 6.74. The lowest BCUT2D eigenvalue weighted by Crippen LogP contribution is -2.16. The Labute approximate surface area is 181 Å². The van der Waals surface area contributed by atoms with Gasteiger partial charge in [-0.2, -0.15) is 0 Å². The molecule has 0 saturated carbocycles. The second-order valence-corrected chi connectivity index (χ2v) is 7.27. The molecule has 0 atom stereocenters. The summed E-state index contributed by atoms with van der Waals surface area (Å²) in [7, 11) is 0. The predicted octanol–water partition coefficient (Wildman–Crippen LogP) is 4.51. The van der Waals surface area contributed by atoms with Gasteiger partial charge in [-0.25, -0.2) is 4.79 Å². The average molecular weight is 422 g/mol. The quantitative estimate of drug-likeness (QED) is 0.287. The van der Waals surface area contributed by atoms with Gasteiger partial charge in [-0.1, -0.05) is 23.4 Å². The van der Waals surface area contributed by atoms with E-state index >= 15 is 0 Å². The zero-order chi connectivity index (χ0) is 22.5. The molecule has 2 aromatic heterocycles. The van der Waals surface area contributed by atoms with Crippen LogP contribution in [0.3, 0.4) is 0 Å². The number of aromatic nitrogens is 2. The van der Waals surface area contributed by atoms with Crippen LogP contribution in [-0.4, -0.2) is 28.1 Å². The number of hydrogen-bond donors (Lipinski definition) is 0. The van der Waals surface area contributed by atoms with E-state index < -0.39 is 5.97 Å². The van der Waals surface area contributed by atoms with Gasteiger partial charge in [-0.3, -0.25) is 4.79 Å². The van der Waals surface area contributed by atoms with E-state index in [2.05, 4.69) is 11.7 Å². The molecule has 162 valence electrons. The summed E-state index contributed by atoms with van der Waals surface area (Å²) >= 11 is 0. The Balaban J connectivity index is 1.68. The number of esters is 1. The molecule has 0 amide bonds. The maximum absolute atomic E-state index is 12.7. The zero-order valence-corrected chi connectivity index (χ0v) is 18.2. The Morgan fingerprint density at radius 2 is 1.90 bits per heavy atom. The number of hydrogen-bond acceptors (Lipinski definition) is 6. The normalized spacial score (nSPS) is 10.7. The Morgan fingerprint density at radius 1 is 1.16 bits per heavy atom. The minimum atomic E-state index is -0.623. The van der Waals surface area contributed by atoms with Crippen LogP contribution in [-0.2, 0) is 17.9 Å². The van der Waals surface area contributed by atoms with Gasteiger partial charge >= 0.3 is 5.97 Å². The predicted molar refractivity (Wildman–Crippen MR) is 115 cm³/mol. The first-order valence-electron chi connectivity index (χ1n) is 9.95. The highest BCUT2D eigenvalue weighted by molar-refractivity contribution is 6.01. The number of nitrogens with zero attached hydrogens (tertiary/aromatic N) is 2. The third kappa shape index (κ3) is 4.77. The molecule has 0 fully saturated rings. The fraction of sp³-hybridized carbons (Fsp3) is 0.292. The topological polar surface area (TPSA) is 83.6 Å². The van der Waals surface area contributed by atoms with Gasteiger partial charge in [0.15, 0.2) is 6.61 Å². The molecule has 31 heavy (non-hydrogen) atoms. The lowest BCUT2D eigenvalue weighted by molar-refractivity contribution is 0.0470. The van der Waals surface area contributed by atoms with Gasteiger partial charge < -0.3 is 18.6 Å².